The second kappa shape index (κ2) is 69.8. The fourth-order valence-electron chi connectivity index (χ4n) is 12.0. The highest BCUT2D eigenvalue weighted by Gasteiger charge is 2.30. The number of carbonyl (C=O) groups excluding carboxylic acids is 4. The van der Waals surface area contributed by atoms with E-state index in [9.17, 15) is 43.2 Å². The number of aliphatic hydroxyl groups is 1. The lowest BCUT2D eigenvalue weighted by Crippen LogP contribution is -2.30. The SMILES string of the molecule is CCCCCCCCCCCCCCCCCC(=O)OC[C@H](COP(=O)(O)OC[C@@H](O)COP(=O)(O)OC[C@@H](COC(=O)CCCCCCCCCCC(C)C)OC(=O)CCCCCCCCCCCCCC)OC(=O)CCCCCCCCCCCCCCCCCCC(C)C. The average Bonchev–Trinajstić information content (AvgIpc) is 1.85. The van der Waals surface area contributed by atoms with Crippen molar-refractivity contribution in [2.45, 2.75) is 426 Å². The summed E-state index contributed by atoms with van der Waals surface area (Å²) in [7, 11) is -9.91. The molecule has 17 nitrogen and oxygen atoms in total. The molecule has 0 saturated heterocycles. The minimum absolute atomic E-state index is 0.107. The molecule has 0 aromatic heterocycles. The van der Waals surface area contributed by atoms with Crippen molar-refractivity contribution in [1.29, 1.82) is 0 Å². The van der Waals surface area contributed by atoms with Gasteiger partial charge >= 0.3 is 39.5 Å². The number of carbonyl (C=O) groups is 4. The van der Waals surface area contributed by atoms with Gasteiger partial charge in [0.15, 0.2) is 12.2 Å². The zero-order valence-electron chi connectivity index (χ0n) is 63.4. The monoisotopic (exact) mass is 1420 g/mol. The van der Waals surface area contributed by atoms with E-state index >= 15 is 0 Å². The fraction of sp³-hybridized carbons (Fsp3) is 0.949. The molecule has 0 aromatic carbocycles. The maximum Gasteiger partial charge on any atom is 0.472 e. The van der Waals surface area contributed by atoms with Crippen LogP contribution in [0.4, 0.5) is 0 Å². The highest BCUT2D eigenvalue weighted by atomic mass is 31.2. The molecule has 0 aromatic rings. The van der Waals surface area contributed by atoms with E-state index in [4.69, 9.17) is 37.0 Å². The standard InChI is InChI=1S/C78H152O17P2/c1-7-9-11-13-15-17-19-21-24-28-32-35-42-48-54-60-75(80)88-66-73(94-78(83)63-57-51-45-37-33-29-26-23-22-25-27-30-34-40-46-52-58-70(3)4)68-92-96(84,85)90-64-72(79)65-91-97(86,87)93-69-74(67-89-76(81)61-55-49-43-39-38-41-47-53-59-71(5)6)95-77(82)62-56-50-44-36-31-20-18-16-14-12-10-8-2/h70-74,79H,7-69H2,1-6H3,(H,84,85)(H,86,87)/t72-,73-,74-/m1/s1. The minimum atomic E-state index is -4.96. The number of hydrogen-bond acceptors (Lipinski definition) is 15. The van der Waals surface area contributed by atoms with E-state index in [2.05, 4.69) is 41.5 Å². The molecule has 0 rings (SSSR count). The van der Waals surface area contributed by atoms with E-state index in [1.165, 1.54) is 225 Å². The molecule has 0 amide bonds. The molecular formula is C78H152O17P2. The maximum absolute atomic E-state index is 13.1. The Balaban J connectivity index is 5.24. The average molecular weight is 1420 g/mol. The van der Waals surface area contributed by atoms with Crippen molar-refractivity contribution in [3.8, 4) is 0 Å². The molecule has 0 fully saturated rings. The van der Waals surface area contributed by atoms with Crippen LogP contribution < -0.4 is 0 Å². The van der Waals surface area contributed by atoms with E-state index in [0.717, 1.165) is 102 Å². The number of hydrogen-bond donors (Lipinski definition) is 3. The summed E-state index contributed by atoms with van der Waals surface area (Å²) in [5, 5.41) is 10.6. The van der Waals surface area contributed by atoms with Crippen molar-refractivity contribution in [2.75, 3.05) is 39.6 Å². The first kappa shape index (κ1) is 95.1. The molecule has 19 heteroatoms. The summed E-state index contributed by atoms with van der Waals surface area (Å²) in [4.78, 5) is 72.9. The molecule has 0 aliphatic rings. The van der Waals surface area contributed by atoms with E-state index in [1.54, 1.807) is 0 Å². The predicted molar refractivity (Wildman–Crippen MR) is 395 cm³/mol. The number of unbranched alkanes of at least 4 members (excludes halogenated alkanes) is 47. The summed E-state index contributed by atoms with van der Waals surface area (Å²) < 4.78 is 68.6. The first-order valence-electron chi connectivity index (χ1n) is 40.5. The van der Waals surface area contributed by atoms with Gasteiger partial charge in [0.05, 0.1) is 26.4 Å². The highest BCUT2D eigenvalue weighted by Crippen LogP contribution is 2.45. The quantitative estimate of drug-likeness (QED) is 0.0222. The van der Waals surface area contributed by atoms with Crippen LogP contribution in [0.15, 0.2) is 0 Å². The van der Waals surface area contributed by atoms with E-state index in [-0.39, 0.29) is 25.7 Å². The van der Waals surface area contributed by atoms with Crippen molar-refractivity contribution >= 4 is 39.5 Å². The van der Waals surface area contributed by atoms with Crippen LogP contribution >= 0.6 is 15.6 Å². The van der Waals surface area contributed by atoms with Crippen LogP contribution in [0, 0.1) is 11.8 Å². The first-order chi connectivity index (χ1) is 46.9. The number of phosphoric ester groups is 2. The summed E-state index contributed by atoms with van der Waals surface area (Å²) in [6.45, 7) is 9.61. The molecule has 576 valence electrons. The molecule has 0 radical (unpaired) electrons. The van der Waals surface area contributed by atoms with Crippen LogP contribution in [-0.4, -0.2) is 96.7 Å². The van der Waals surface area contributed by atoms with Crippen LogP contribution in [0.1, 0.15) is 408 Å². The van der Waals surface area contributed by atoms with Gasteiger partial charge < -0.3 is 33.8 Å². The Kier molecular flexibility index (Phi) is 68.4. The summed E-state index contributed by atoms with van der Waals surface area (Å²) in [5.41, 5.74) is 0. The van der Waals surface area contributed by atoms with Crippen molar-refractivity contribution in [3.05, 3.63) is 0 Å². The Morgan fingerprint density at radius 1 is 0.278 bits per heavy atom. The molecule has 0 aliphatic carbocycles. The lowest BCUT2D eigenvalue weighted by atomic mass is 10.0. The smallest absolute Gasteiger partial charge is 0.462 e. The Morgan fingerprint density at radius 3 is 0.701 bits per heavy atom. The van der Waals surface area contributed by atoms with Gasteiger partial charge in [-0.25, -0.2) is 9.13 Å². The lowest BCUT2D eigenvalue weighted by molar-refractivity contribution is -0.161. The maximum atomic E-state index is 13.1. The Hall–Kier alpha value is -1.94. The van der Waals surface area contributed by atoms with Crippen molar-refractivity contribution < 1.29 is 80.2 Å². The second-order valence-electron chi connectivity index (χ2n) is 29.1. The number of ether oxygens (including phenoxy) is 4. The summed E-state index contributed by atoms with van der Waals surface area (Å²) in [5.74, 6) is -0.575. The number of phosphoric acid groups is 2. The van der Waals surface area contributed by atoms with E-state index in [1.807, 2.05) is 0 Å². The van der Waals surface area contributed by atoms with Crippen molar-refractivity contribution in [3.63, 3.8) is 0 Å². The summed E-state index contributed by atoms with van der Waals surface area (Å²) in [6, 6.07) is 0. The van der Waals surface area contributed by atoms with E-state index < -0.39 is 97.5 Å². The van der Waals surface area contributed by atoms with Gasteiger partial charge in [-0.05, 0) is 37.5 Å². The Labute approximate surface area is 594 Å². The molecule has 0 aliphatic heterocycles. The van der Waals surface area contributed by atoms with Gasteiger partial charge in [0.25, 0.3) is 0 Å². The van der Waals surface area contributed by atoms with Gasteiger partial charge in [0, 0.05) is 25.7 Å². The number of rotatable bonds is 77. The van der Waals surface area contributed by atoms with Gasteiger partial charge in [0.2, 0.25) is 0 Å². The topological polar surface area (TPSA) is 237 Å². The number of aliphatic hydroxyl groups excluding tert-OH is 1. The predicted octanol–water partition coefficient (Wildman–Crippen LogP) is 23.1. The van der Waals surface area contributed by atoms with Crippen molar-refractivity contribution in [1.82, 2.24) is 0 Å². The molecule has 0 heterocycles. The van der Waals surface area contributed by atoms with Gasteiger partial charge in [0.1, 0.15) is 19.3 Å². The largest absolute Gasteiger partial charge is 0.472 e. The van der Waals surface area contributed by atoms with Crippen LogP contribution in [0.25, 0.3) is 0 Å². The molecule has 0 saturated carbocycles. The number of esters is 4. The summed E-state index contributed by atoms with van der Waals surface area (Å²) in [6.07, 6.45) is 58.2. The fourth-order valence-corrected chi connectivity index (χ4v) is 13.6. The molecule has 0 bridgehead atoms. The van der Waals surface area contributed by atoms with Crippen LogP contribution in [0.3, 0.4) is 0 Å². The van der Waals surface area contributed by atoms with Crippen LogP contribution in [0.2, 0.25) is 0 Å². The molecule has 0 spiro atoms. The highest BCUT2D eigenvalue weighted by molar-refractivity contribution is 7.47. The van der Waals surface area contributed by atoms with Gasteiger partial charge in [-0.1, -0.05) is 356 Å². The molecular weight excluding hydrogens is 1270 g/mol. The van der Waals surface area contributed by atoms with Gasteiger partial charge in [-0.2, -0.15) is 0 Å². The van der Waals surface area contributed by atoms with Gasteiger partial charge in [-0.15, -0.1) is 0 Å². The normalized spacial score (nSPS) is 14.0. The van der Waals surface area contributed by atoms with Gasteiger partial charge in [-0.3, -0.25) is 37.3 Å². The molecule has 3 N–H and O–H groups in total. The lowest BCUT2D eigenvalue weighted by Gasteiger charge is -2.21. The third kappa shape index (κ3) is 72.2. The summed E-state index contributed by atoms with van der Waals surface area (Å²) >= 11 is 0. The second-order valence-corrected chi connectivity index (χ2v) is 32.0. The van der Waals surface area contributed by atoms with Crippen molar-refractivity contribution in [2.24, 2.45) is 11.8 Å². The zero-order chi connectivity index (χ0) is 71.4. The van der Waals surface area contributed by atoms with Crippen LogP contribution in [0.5, 0.6) is 0 Å². The van der Waals surface area contributed by atoms with Crippen LogP contribution in [-0.2, 0) is 65.4 Å². The molecule has 97 heavy (non-hydrogen) atoms. The van der Waals surface area contributed by atoms with E-state index in [0.29, 0.717) is 25.7 Å². The Bertz CT molecular complexity index is 1870. The first-order valence-corrected chi connectivity index (χ1v) is 43.5. The Morgan fingerprint density at radius 2 is 0.474 bits per heavy atom. The molecule has 5 atom stereocenters. The zero-order valence-corrected chi connectivity index (χ0v) is 65.2. The third-order valence-electron chi connectivity index (χ3n) is 18.2. The third-order valence-corrected chi connectivity index (χ3v) is 20.1. The minimum Gasteiger partial charge on any atom is -0.462 e. The molecule has 2 unspecified atom stereocenters.